The molecule has 2 heterocycles. The van der Waals surface area contributed by atoms with Gasteiger partial charge in [-0.15, -0.1) is 0 Å². The molecule has 0 saturated heterocycles. The largest absolute Gasteiger partial charge is 0.497 e. The molecule has 9 heteroatoms. The van der Waals surface area contributed by atoms with Crippen LogP contribution < -0.4 is 4.74 Å². The van der Waals surface area contributed by atoms with Crippen molar-refractivity contribution in [3.05, 3.63) is 47.8 Å². The Morgan fingerprint density at radius 3 is 2.58 bits per heavy atom. The second-order valence-corrected chi connectivity index (χ2v) is 5.74. The van der Waals surface area contributed by atoms with Gasteiger partial charge < -0.3 is 9.47 Å². The molecule has 3 aromatic rings. The zero-order chi connectivity index (χ0) is 18.9. The van der Waals surface area contributed by atoms with Gasteiger partial charge in [-0.25, -0.2) is 14.3 Å². The molecule has 0 saturated carbocycles. The Morgan fingerprint density at radius 1 is 1.31 bits per heavy atom. The highest BCUT2D eigenvalue weighted by Gasteiger charge is 2.33. The Kier molecular flexibility index (Phi) is 4.78. The molecular formula is C17H14ClF2N3O3. The summed E-state index contributed by atoms with van der Waals surface area (Å²) >= 11 is 5.24. The van der Waals surface area contributed by atoms with E-state index < -0.39 is 17.0 Å². The molecule has 0 spiro atoms. The quantitative estimate of drug-likeness (QED) is 0.496. The Hall–Kier alpha value is -2.74. The van der Waals surface area contributed by atoms with E-state index in [-0.39, 0.29) is 23.5 Å². The minimum Gasteiger partial charge on any atom is -0.497 e. The fourth-order valence-corrected chi connectivity index (χ4v) is 2.56. The lowest BCUT2D eigenvalue weighted by Crippen LogP contribution is -2.13. The van der Waals surface area contributed by atoms with Crippen molar-refractivity contribution >= 4 is 23.2 Å². The summed E-state index contributed by atoms with van der Waals surface area (Å²) in [4.78, 5) is 16.4. The summed E-state index contributed by atoms with van der Waals surface area (Å²) < 4.78 is 38.6. The van der Waals surface area contributed by atoms with Gasteiger partial charge in [0.2, 0.25) is 0 Å². The van der Waals surface area contributed by atoms with Gasteiger partial charge in [0.05, 0.1) is 25.6 Å². The molecule has 0 aliphatic rings. The van der Waals surface area contributed by atoms with Gasteiger partial charge >= 0.3 is 11.4 Å². The van der Waals surface area contributed by atoms with E-state index in [2.05, 4.69) is 10.1 Å². The number of esters is 1. The number of rotatable bonds is 5. The standard InChI is InChI=1S/C17H14ClF2N3O3/c1-3-26-16(24)12-9-21-23-14(17(18,19)20)8-13(22-15(12)23)10-4-6-11(25-2)7-5-10/h4-9H,3H2,1-2H3. The Bertz CT molecular complexity index is 952. The first-order valence-electron chi connectivity index (χ1n) is 7.62. The van der Waals surface area contributed by atoms with Gasteiger partial charge in [0, 0.05) is 5.56 Å². The van der Waals surface area contributed by atoms with Crippen molar-refractivity contribution in [1.29, 1.82) is 0 Å². The number of ether oxygens (including phenoxy) is 2. The lowest BCUT2D eigenvalue weighted by molar-refractivity contribution is 0.0528. The maximum absolute atomic E-state index is 13.9. The molecule has 0 bridgehead atoms. The van der Waals surface area contributed by atoms with Gasteiger partial charge in [0.1, 0.15) is 17.0 Å². The van der Waals surface area contributed by atoms with Crippen LogP contribution in [0.1, 0.15) is 23.0 Å². The van der Waals surface area contributed by atoms with Crippen LogP contribution in [0.2, 0.25) is 0 Å². The molecule has 0 aliphatic carbocycles. The first-order chi connectivity index (χ1) is 12.3. The van der Waals surface area contributed by atoms with Crippen molar-refractivity contribution in [3.63, 3.8) is 0 Å². The first-order valence-corrected chi connectivity index (χ1v) is 8.00. The van der Waals surface area contributed by atoms with E-state index in [4.69, 9.17) is 21.1 Å². The molecule has 0 N–H and O–H groups in total. The number of nitrogens with zero attached hydrogens (tertiary/aromatic N) is 3. The molecule has 0 atom stereocenters. The smallest absolute Gasteiger partial charge is 0.364 e. The lowest BCUT2D eigenvalue weighted by atomic mass is 10.1. The molecule has 2 aromatic heterocycles. The Morgan fingerprint density at radius 2 is 2.00 bits per heavy atom. The van der Waals surface area contributed by atoms with Crippen molar-refractivity contribution in [1.82, 2.24) is 14.6 Å². The number of hydrogen-bond donors (Lipinski definition) is 0. The molecular weight excluding hydrogens is 368 g/mol. The molecule has 0 aliphatic heterocycles. The molecule has 0 amide bonds. The second kappa shape index (κ2) is 6.87. The molecule has 0 unspecified atom stereocenters. The average Bonchev–Trinajstić information content (AvgIpc) is 3.04. The molecule has 6 nitrogen and oxygen atoms in total. The van der Waals surface area contributed by atoms with Crippen molar-refractivity contribution < 1.29 is 23.0 Å². The summed E-state index contributed by atoms with van der Waals surface area (Å²) in [5.41, 5.74) is 0.0648. The van der Waals surface area contributed by atoms with Crippen LogP contribution in [0.5, 0.6) is 5.75 Å². The molecule has 26 heavy (non-hydrogen) atoms. The number of alkyl halides is 3. The highest BCUT2D eigenvalue weighted by Crippen LogP contribution is 2.35. The number of halogens is 3. The third-order valence-electron chi connectivity index (χ3n) is 3.64. The summed E-state index contributed by atoms with van der Waals surface area (Å²) in [6.07, 6.45) is 1.13. The maximum atomic E-state index is 13.9. The van der Waals surface area contributed by atoms with Gasteiger partial charge in [-0.05, 0) is 48.9 Å². The lowest BCUT2D eigenvalue weighted by Gasteiger charge is -2.13. The van der Waals surface area contributed by atoms with Crippen LogP contribution in [-0.4, -0.2) is 34.3 Å². The summed E-state index contributed by atoms with van der Waals surface area (Å²) in [6.45, 7) is 1.77. The van der Waals surface area contributed by atoms with Gasteiger partial charge in [-0.1, -0.05) is 0 Å². The van der Waals surface area contributed by atoms with Crippen molar-refractivity contribution in [3.8, 4) is 17.0 Å². The SMILES string of the molecule is CCOC(=O)c1cnn2c(C(F)(F)Cl)cc(-c3ccc(OC)cc3)nc12. The van der Waals surface area contributed by atoms with Crippen molar-refractivity contribution in [2.45, 2.75) is 12.3 Å². The van der Waals surface area contributed by atoms with Crippen LogP contribution in [0.15, 0.2) is 36.5 Å². The summed E-state index contributed by atoms with van der Waals surface area (Å²) in [6, 6.07) is 7.79. The predicted octanol–water partition coefficient (Wildman–Crippen LogP) is 3.87. The normalized spacial score (nSPS) is 11.6. The monoisotopic (exact) mass is 381 g/mol. The molecule has 1 aromatic carbocycles. The average molecular weight is 382 g/mol. The van der Waals surface area contributed by atoms with Crippen LogP contribution in [0.25, 0.3) is 16.9 Å². The third kappa shape index (κ3) is 3.32. The van der Waals surface area contributed by atoms with E-state index in [9.17, 15) is 13.6 Å². The molecule has 0 radical (unpaired) electrons. The second-order valence-electron chi connectivity index (χ2n) is 5.27. The van der Waals surface area contributed by atoms with E-state index in [1.807, 2.05) is 0 Å². The van der Waals surface area contributed by atoms with E-state index in [1.54, 1.807) is 31.2 Å². The van der Waals surface area contributed by atoms with E-state index >= 15 is 0 Å². The first kappa shape index (κ1) is 18.1. The van der Waals surface area contributed by atoms with Gasteiger partial charge in [0.25, 0.3) is 0 Å². The van der Waals surface area contributed by atoms with E-state index in [0.29, 0.717) is 11.3 Å². The van der Waals surface area contributed by atoms with Crippen LogP contribution in [0.3, 0.4) is 0 Å². The van der Waals surface area contributed by atoms with Gasteiger partial charge in [-0.3, -0.25) is 0 Å². The molecule has 0 fully saturated rings. The van der Waals surface area contributed by atoms with E-state index in [0.717, 1.165) is 16.8 Å². The van der Waals surface area contributed by atoms with Crippen molar-refractivity contribution in [2.75, 3.05) is 13.7 Å². The number of fused-ring (bicyclic) bond motifs is 1. The number of hydrogen-bond acceptors (Lipinski definition) is 5. The predicted molar refractivity (Wildman–Crippen MR) is 90.7 cm³/mol. The summed E-state index contributed by atoms with van der Waals surface area (Å²) in [7, 11) is 1.52. The Labute approximate surface area is 152 Å². The van der Waals surface area contributed by atoms with Crippen LogP contribution in [0.4, 0.5) is 8.78 Å². The van der Waals surface area contributed by atoms with Gasteiger partial charge in [-0.2, -0.15) is 13.9 Å². The minimum absolute atomic E-state index is 0.0237. The Balaban J connectivity index is 2.23. The number of carbonyl (C=O) groups is 1. The number of methoxy groups -OCH3 is 1. The summed E-state index contributed by atoms with van der Waals surface area (Å²) in [5.74, 6) is -0.0972. The molecule has 136 valence electrons. The van der Waals surface area contributed by atoms with Gasteiger partial charge in [0.15, 0.2) is 5.65 Å². The number of carbonyl (C=O) groups excluding carboxylic acids is 1. The summed E-state index contributed by atoms with van der Waals surface area (Å²) in [5, 5.41) is 0.111. The van der Waals surface area contributed by atoms with E-state index in [1.165, 1.54) is 7.11 Å². The molecule has 3 rings (SSSR count). The zero-order valence-electron chi connectivity index (χ0n) is 13.9. The van der Waals surface area contributed by atoms with Crippen molar-refractivity contribution in [2.24, 2.45) is 0 Å². The maximum Gasteiger partial charge on any atom is 0.364 e. The zero-order valence-corrected chi connectivity index (χ0v) is 14.6. The highest BCUT2D eigenvalue weighted by atomic mass is 35.5. The third-order valence-corrected chi connectivity index (χ3v) is 3.84. The minimum atomic E-state index is -3.71. The van der Waals surface area contributed by atoms with Crippen LogP contribution in [-0.2, 0) is 10.1 Å². The topological polar surface area (TPSA) is 65.7 Å². The fourth-order valence-electron chi connectivity index (χ4n) is 2.43. The number of benzene rings is 1. The van der Waals surface area contributed by atoms with Crippen LogP contribution in [0, 0.1) is 0 Å². The fraction of sp³-hybridized carbons (Fsp3) is 0.235. The number of aromatic nitrogens is 3. The highest BCUT2D eigenvalue weighted by molar-refractivity contribution is 6.21. The van der Waals surface area contributed by atoms with Crippen LogP contribution >= 0.6 is 11.6 Å².